The molecule has 0 aliphatic rings. The van der Waals surface area contributed by atoms with Gasteiger partial charge in [-0.05, 0) is 37.2 Å². The Bertz CT molecular complexity index is 645. The molecule has 0 fully saturated rings. The van der Waals surface area contributed by atoms with Gasteiger partial charge in [0.05, 0.1) is 25.3 Å². The Morgan fingerprint density at radius 1 is 1.33 bits per heavy atom. The third-order valence-electron chi connectivity index (χ3n) is 3.16. The summed E-state index contributed by atoms with van der Waals surface area (Å²) in [6.07, 6.45) is 3.71. The maximum absolute atomic E-state index is 5.76. The van der Waals surface area contributed by atoms with Crippen molar-refractivity contribution in [2.45, 2.75) is 26.3 Å². The number of benzene rings is 1. The van der Waals surface area contributed by atoms with Crippen LogP contribution in [0.2, 0.25) is 0 Å². The molecule has 114 valence electrons. The van der Waals surface area contributed by atoms with Gasteiger partial charge in [0.25, 0.3) is 0 Å². The normalized spacial score (nSPS) is 10.9. The van der Waals surface area contributed by atoms with E-state index < -0.39 is 0 Å². The number of imidazole rings is 1. The Morgan fingerprint density at radius 3 is 2.95 bits per heavy atom. The molecule has 4 nitrogen and oxygen atoms in total. The smallest absolute Gasteiger partial charge is 0.178 e. The Labute approximate surface area is 130 Å². The summed E-state index contributed by atoms with van der Waals surface area (Å²) in [5.41, 5.74) is 2.02. The molecule has 5 heteroatoms. The molecule has 0 unspecified atom stereocenters. The van der Waals surface area contributed by atoms with Crippen molar-refractivity contribution in [2.75, 3.05) is 19.8 Å². The predicted octanol–water partition coefficient (Wildman–Crippen LogP) is 4.08. The molecule has 0 atom stereocenters. The predicted molar refractivity (Wildman–Crippen MR) is 88.5 cm³/mol. The summed E-state index contributed by atoms with van der Waals surface area (Å²) in [6, 6.07) is 6.00. The van der Waals surface area contributed by atoms with E-state index in [2.05, 4.69) is 23.1 Å². The molecule has 0 saturated carbocycles. The van der Waals surface area contributed by atoms with Gasteiger partial charge < -0.3 is 19.0 Å². The number of hydrogen-bond donors (Lipinski definition) is 1. The first-order chi connectivity index (χ1) is 10.3. The van der Waals surface area contributed by atoms with Crippen molar-refractivity contribution in [3.63, 3.8) is 0 Å². The zero-order valence-corrected chi connectivity index (χ0v) is 13.2. The number of nitrogens with one attached hydrogen (secondary N) is 1. The molecule has 0 aliphatic carbocycles. The summed E-state index contributed by atoms with van der Waals surface area (Å²) < 4.78 is 14.1. The third-order valence-corrected chi connectivity index (χ3v) is 3.48. The van der Waals surface area contributed by atoms with Gasteiger partial charge in [0.15, 0.2) is 4.77 Å². The van der Waals surface area contributed by atoms with Crippen molar-refractivity contribution in [1.29, 1.82) is 0 Å². The standard InChI is InChI=1S/C16H22N2O2S/c1-3-5-11-19-12-9-18-13-7-6-8-14(20-10-4-2)15(13)17-16(18)21/h3,6-8H,1,4-5,9-12H2,2H3,(H,17,21). The molecule has 1 aromatic carbocycles. The average molecular weight is 306 g/mol. The van der Waals surface area contributed by atoms with Crippen molar-refractivity contribution in [3.8, 4) is 5.75 Å². The number of H-pyrrole nitrogens is 1. The Kier molecular flexibility index (Phi) is 6.02. The van der Waals surface area contributed by atoms with E-state index in [9.17, 15) is 0 Å². The van der Waals surface area contributed by atoms with Gasteiger partial charge in [0.1, 0.15) is 11.3 Å². The Morgan fingerprint density at radius 2 is 2.19 bits per heavy atom. The number of aromatic nitrogens is 2. The van der Waals surface area contributed by atoms with Crippen LogP contribution in [0.25, 0.3) is 11.0 Å². The molecule has 0 bridgehead atoms. The number of para-hydroxylation sites is 1. The highest BCUT2D eigenvalue weighted by molar-refractivity contribution is 7.71. The van der Waals surface area contributed by atoms with Crippen molar-refractivity contribution in [2.24, 2.45) is 0 Å². The Balaban J connectivity index is 2.14. The molecule has 0 amide bonds. The molecular formula is C16H22N2O2S. The second kappa shape index (κ2) is 8.00. The average Bonchev–Trinajstić information content (AvgIpc) is 2.81. The van der Waals surface area contributed by atoms with E-state index >= 15 is 0 Å². The van der Waals surface area contributed by atoms with E-state index in [1.807, 2.05) is 24.3 Å². The van der Waals surface area contributed by atoms with E-state index in [4.69, 9.17) is 21.7 Å². The van der Waals surface area contributed by atoms with Crippen LogP contribution >= 0.6 is 12.2 Å². The van der Waals surface area contributed by atoms with Crippen LogP contribution in [0.5, 0.6) is 5.75 Å². The van der Waals surface area contributed by atoms with E-state index in [0.717, 1.165) is 36.2 Å². The van der Waals surface area contributed by atoms with Crippen LogP contribution in [0.4, 0.5) is 0 Å². The SMILES string of the molecule is C=CCCOCCn1c(=S)[nH]c2c(OCCC)cccc21. The highest BCUT2D eigenvalue weighted by Crippen LogP contribution is 2.25. The summed E-state index contributed by atoms with van der Waals surface area (Å²) in [7, 11) is 0. The first-order valence-electron chi connectivity index (χ1n) is 7.31. The van der Waals surface area contributed by atoms with Gasteiger partial charge >= 0.3 is 0 Å². The van der Waals surface area contributed by atoms with E-state index in [-0.39, 0.29) is 0 Å². The molecule has 0 spiro atoms. The van der Waals surface area contributed by atoms with E-state index in [1.54, 1.807) is 0 Å². The fourth-order valence-corrected chi connectivity index (χ4v) is 2.42. The summed E-state index contributed by atoms with van der Waals surface area (Å²) >= 11 is 5.41. The lowest BCUT2D eigenvalue weighted by molar-refractivity contribution is 0.131. The molecule has 2 aromatic rings. The van der Waals surface area contributed by atoms with Gasteiger partial charge in [0.2, 0.25) is 0 Å². The van der Waals surface area contributed by atoms with Gasteiger partial charge in [-0.25, -0.2) is 0 Å². The minimum absolute atomic E-state index is 0.634. The van der Waals surface area contributed by atoms with Crippen molar-refractivity contribution in [3.05, 3.63) is 35.6 Å². The first-order valence-corrected chi connectivity index (χ1v) is 7.71. The molecule has 2 rings (SSSR count). The summed E-state index contributed by atoms with van der Waals surface area (Å²) in [5.74, 6) is 0.853. The van der Waals surface area contributed by atoms with Gasteiger partial charge in [-0.2, -0.15) is 0 Å². The lowest BCUT2D eigenvalue weighted by atomic mass is 10.3. The maximum Gasteiger partial charge on any atom is 0.178 e. The van der Waals surface area contributed by atoms with Gasteiger partial charge in [-0.3, -0.25) is 0 Å². The second-order valence-corrected chi connectivity index (χ2v) is 5.16. The molecule has 1 heterocycles. The molecule has 21 heavy (non-hydrogen) atoms. The Hall–Kier alpha value is -1.59. The second-order valence-electron chi connectivity index (χ2n) is 4.77. The largest absolute Gasteiger partial charge is 0.491 e. The van der Waals surface area contributed by atoms with E-state index in [1.165, 1.54) is 0 Å². The molecule has 0 radical (unpaired) electrons. The van der Waals surface area contributed by atoms with Crippen LogP contribution in [0.3, 0.4) is 0 Å². The molecule has 1 N–H and O–H groups in total. The van der Waals surface area contributed by atoms with Crippen LogP contribution in [0.15, 0.2) is 30.9 Å². The summed E-state index contributed by atoms with van der Waals surface area (Å²) in [4.78, 5) is 3.24. The number of nitrogens with zero attached hydrogens (tertiary/aromatic N) is 1. The monoisotopic (exact) mass is 306 g/mol. The minimum Gasteiger partial charge on any atom is -0.491 e. The quantitative estimate of drug-likeness (QED) is 0.431. The van der Waals surface area contributed by atoms with Crippen LogP contribution in [-0.4, -0.2) is 29.4 Å². The minimum atomic E-state index is 0.634. The lowest BCUT2D eigenvalue weighted by Gasteiger charge is -2.07. The van der Waals surface area contributed by atoms with Crippen molar-refractivity contribution >= 4 is 23.3 Å². The fraction of sp³-hybridized carbons (Fsp3) is 0.438. The summed E-state index contributed by atoms with van der Waals surface area (Å²) in [5, 5.41) is 0. The number of aromatic amines is 1. The van der Waals surface area contributed by atoms with E-state index in [0.29, 0.717) is 24.6 Å². The fourth-order valence-electron chi connectivity index (χ4n) is 2.13. The molecular weight excluding hydrogens is 284 g/mol. The molecule has 1 aromatic heterocycles. The third kappa shape index (κ3) is 3.95. The van der Waals surface area contributed by atoms with Crippen LogP contribution in [-0.2, 0) is 11.3 Å². The van der Waals surface area contributed by atoms with Crippen LogP contribution < -0.4 is 4.74 Å². The zero-order valence-electron chi connectivity index (χ0n) is 12.4. The van der Waals surface area contributed by atoms with Crippen molar-refractivity contribution in [1.82, 2.24) is 9.55 Å². The first kappa shape index (κ1) is 15.8. The van der Waals surface area contributed by atoms with Gasteiger partial charge in [0, 0.05) is 6.54 Å². The number of hydrogen-bond acceptors (Lipinski definition) is 3. The molecule has 0 aliphatic heterocycles. The highest BCUT2D eigenvalue weighted by Gasteiger charge is 2.09. The summed E-state index contributed by atoms with van der Waals surface area (Å²) in [6.45, 7) is 8.53. The topological polar surface area (TPSA) is 39.2 Å². The lowest BCUT2D eigenvalue weighted by Crippen LogP contribution is -2.06. The number of fused-ring (bicyclic) bond motifs is 1. The zero-order chi connectivity index (χ0) is 15.1. The van der Waals surface area contributed by atoms with Crippen LogP contribution in [0.1, 0.15) is 19.8 Å². The molecule has 0 saturated heterocycles. The van der Waals surface area contributed by atoms with Crippen molar-refractivity contribution < 1.29 is 9.47 Å². The highest BCUT2D eigenvalue weighted by atomic mass is 32.1. The number of ether oxygens (including phenoxy) is 2. The maximum atomic E-state index is 5.76. The van der Waals surface area contributed by atoms with Gasteiger partial charge in [-0.15, -0.1) is 6.58 Å². The number of rotatable bonds is 9. The van der Waals surface area contributed by atoms with Gasteiger partial charge in [-0.1, -0.05) is 19.1 Å². The van der Waals surface area contributed by atoms with Crippen LogP contribution in [0, 0.1) is 4.77 Å².